The number of hydrogen-bond acceptors (Lipinski definition) is 5. The Kier molecular flexibility index (Phi) is 8.06. The Morgan fingerprint density at radius 2 is 2.00 bits per heavy atom. The van der Waals surface area contributed by atoms with Crippen LogP contribution in [-0.2, 0) is 20.7 Å². The lowest BCUT2D eigenvalue weighted by Crippen LogP contribution is -2.45. The summed E-state index contributed by atoms with van der Waals surface area (Å²) < 4.78 is 43.7. The van der Waals surface area contributed by atoms with Crippen LogP contribution in [0.25, 0.3) is 16.9 Å². The highest BCUT2D eigenvalue weighted by molar-refractivity contribution is 5.79. The molecule has 198 valence electrons. The van der Waals surface area contributed by atoms with Crippen molar-refractivity contribution >= 4 is 17.7 Å². The van der Waals surface area contributed by atoms with E-state index < -0.39 is 35.7 Å². The van der Waals surface area contributed by atoms with Gasteiger partial charge in [0.2, 0.25) is 0 Å². The van der Waals surface area contributed by atoms with Gasteiger partial charge >= 0.3 is 12.1 Å². The Balaban J connectivity index is 1.78. The predicted octanol–water partition coefficient (Wildman–Crippen LogP) is 4.96. The van der Waals surface area contributed by atoms with E-state index in [0.717, 1.165) is 12.0 Å². The van der Waals surface area contributed by atoms with Gasteiger partial charge < -0.3 is 23.9 Å². The summed E-state index contributed by atoms with van der Waals surface area (Å²) in [7, 11) is 1.26. The molecule has 8 nitrogen and oxygen atoms in total. The van der Waals surface area contributed by atoms with E-state index in [9.17, 15) is 14.7 Å². The minimum atomic E-state index is -1.04. The molecule has 37 heavy (non-hydrogen) atoms. The number of ether oxygens (including phenoxy) is 2. The lowest BCUT2D eigenvalue weighted by molar-refractivity contribution is -0.142. The summed E-state index contributed by atoms with van der Waals surface area (Å²) in [5.74, 6) is -2.98. The summed E-state index contributed by atoms with van der Waals surface area (Å²) in [6, 6.07) is 6.02. The molecule has 1 N–H and O–H groups in total. The van der Waals surface area contributed by atoms with E-state index in [1.165, 1.54) is 24.1 Å². The summed E-state index contributed by atoms with van der Waals surface area (Å²) in [4.78, 5) is 29.7. The summed E-state index contributed by atoms with van der Waals surface area (Å²) in [5.41, 5.74) is 1.97. The van der Waals surface area contributed by atoms with Crippen LogP contribution in [-0.4, -0.2) is 64.4 Å². The van der Waals surface area contributed by atoms with E-state index in [0.29, 0.717) is 24.2 Å². The van der Waals surface area contributed by atoms with E-state index >= 15 is 8.78 Å². The molecule has 1 aromatic carbocycles. The highest BCUT2D eigenvalue weighted by Gasteiger charge is 2.30. The van der Waals surface area contributed by atoms with Gasteiger partial charge in [0.1, 0.15) is 17.3 Å². The SMILES string of the molecule is CCCCC(C(=O)OC)c1cc(F)c(-c2nc3cc(C)ccn3c2C[C@H]2CN(C(=O)O)CCO2)c(F)c1. The molecule has 3 aromatic rings. The van der Waals surface area contributed by atoms with Gasteiger partial charge in [-0.1, -0.05) is 19.8 Å². The molecule has 1 saturated heterocycles. The number of carboxylic acid groups (broad SMARTS) is 1. The molecule has 1 amide bonds. The third-order valence-electron chi connectivity index (χ3n) is 6.75. The molecule has 0 bridgehead atoms. The van der Waals surface area contributed by atoms with Gasteiger partial charge in [0.25, 0.3) is 0 Å². The molecule has 0 radical (unpaired) electrons. The van der Waals surface area contributed by atoms with Crippen molar-refractivity contribution in [2.24, 2.45) is 0 Å². The maximum Gasteiger partial charge on any atom is 0.407 e. The number of halogens is 2. The molecule has 2 atom stereocenters. The van der Waals surface area contributed by atoms with Gasteiger partial charge in [-0.2, -0.15) is 0 Å². The number of amides is 1. The molecule has 0 saturated carbocycles. The van der Waals surface area contributed by atoms with Crippen LogP contribution in [0.15, 0.2) is 30.5 Å². The van der Waals surface area contributed by atoms with E-state index in [1.807, 2.05) is 19.9 Å². The monoisotopic (exact) mass is 515 g/mol. The van der Waals surface area contributed by atoms with Crippen molar-refractivity contribution in [2.75, 3.05) is 26.8 Å². The normalized spacial score (nSPS) is 16.7. The molecule has 2 aromatic heterocycles. The molecular weight excluding hydrogens is 484 g/mol. The number of carbonyl (C=O) groups is 2. The second-order valence-electron chi connectivity index (χ2n) is 9.34. The van der Waals surface area contributed by atoms with Crippen molar-refractivity contribution in [3.05, 3.63) is 58.9 Å². The zero-order chi connectivity index (χ0) is 26.7. The number of carbonyl (C=O) groups excluding carboxylic acids is 1. The molecule has 4 rings (SSSR count). The average molecular weight is 516 g/mol. The number of pyridine rings is 1. The lowest BCUT2D eigenvalue weighted by atomic mass is 9.91. The molecule has 0 spiro atoms. The maximum atomic E-state index is 15.6. The Labute approximate surface area is 213 Å². The van der Waals surface area contributed by atoms with Crippen LogP contribution in [0.3, 0.4) is 0 Å². The molecule has 1 aliphatic heterocycles. The van der Waals surface area contributed by atoms with Crippen molar-refractivity contribution in [1.82, 2.24) is 14.3 Å². The van der Waals surface area contributed by atoms with E-state index in [2.05, 4.69) is 4.98 Å². The third-order valence-corrected chi connectivity index (χ3v) is 6.75. The van der Waals surface area contributed by atoms with Gasteiger partial charge in [-0.05, 0) is 48.7 Å². The third kappa shape index (κ3) is 5.58. The zero-order valence-corrected chi connectivity index (χ0v) is 21.2. The van der Waals surface area contributed by atoms with Crippen LogP contribution in [0, 0.1) is 18.6 Å². The largest absolute Gasteiger partial charge is 0.469 e. The fourth-order valence-corrected chi connectivity index (χ4v) is 4.82. The Bertz CT molecular complexity index is 1290. The van der Waals surface area contributed by atoms with Crippen LogP contribution < -0.4 is 0 Å². The van der Waals surface area contributed by atoms with Crippen molar-refractivity contribution in [3.8, 4) is 11.3 Å². The predicted molar refractivity (Wildman–Crippen MR) is 133 cm³/mol. The molecular formula is C27H31F2N3O5. The molecule has 1 fully saturated rings. The number of methoxy groups -OCH3 is 1. The van der Waals surface area contributed by atoms with Crippen LogP contribution >= 0.6 is 0 Å². The molecule has 10 heteroatoms. The lowest BCUT2D eigenvalue weighted by Gasteiger charge is -2.31. The molecule has 1 aliphatic rings. The second kappa shape index (κ2) is 11.2. The average Bonchev–Trinajstić information content (AvgIpc) is 3.20. The first-order chi connectivity index (χ1) is 17.7. The van der Waals surface area contributed by atoms with E-state index in [-0.39, 0.29) is 42.9 Å². The Morgan fingerprint density at radius 1 is 1.27 bits per heavy atom. The topological polar surface area (TPSA) is 93.4 Å². The van der Waals surface area contributed by atoms with Gasteiger partial charge in [0.05, 0.1) is 49.2 Å². The maximum absolute atomic E-state index is 15.6. The van der Waals surface area contributed by atoms with Crippen LogP contribution in [0.5, 0.6) is 0 Å². The molecule has 0 aliphatic carbocycles. The van der Waals surface area contributed by atoms with E-state index in [1.54, 1.807) is 16.7 Å². The Morgan fingerprint density at radius 3 is 2.65 bits per heavy atom. The summed E-state index contributed by atoms with van der Waals surface area (Å²) in [6.45, 7) is 4.48. The first-order valence-corrected chi connectivity index (χ1v) is 12.4. The van der Waals surface area contributed by atoms with Crippen molar-refractivity contribution < 1.29 is 33.0 Å². The van der Waals surface area contributed by atoms with Crippen molar-refractivity contribution in [3.63, 3.8) is 0 Å². The number of fused-ring (bicyclic) bond motifs is 1. The van der Waals surface area contributed by atoms with Gasteiger partial charge in [-0.3, -0.25) is 4.79 Å². The van der Waals surface area contributed by atoms with Crippen molar-refractivity contribution in [2.45, 2.75) is 51.6 Å². The fraction of sp³-hybridized carbons (Fsp3) is 0.444. The number of rotatable bonds is 8. The smallest absolute Gasteiger partial charge is 0.407 e. The number of imidazole rings is 1. The quantitative estimate of drug-likeness (QED) is 0.427. The first kappa shape index (κ1) is 26.5. The minimum absolute atomic E-state index is 0.117. The van der Waals surface area contributed by atoms with Gasteiger partial charge in [-0.15, -0.1) is 0 Å². The number of aromatic nitrogens is 2. The summed E-state index contributed by atoms with van der Waals surface area (Å²) in [6.07, 6.45) is 2.37. The number of morpholine rings is 1. The number of unbranched alkanes of at least 4 members (excludes halogenated alkanes) is 1. The molecule has 3 heterocycles. The van der Waals surface area contributed by atoms with Crippen LogP contribution in [0.1, 0.15) is 48.9 Å². The van der Waals surface area contributed by atoms with Gasteiger partial charge in [-0.25, -0.2) is 18.6 Å². The van der Waals surface area contributed by atoms with Gasteiger partial charge in [0, 0.05) is 19.2 Å². The van der Waals surface area contributed by atoms with Crippen molar-refractivity contribution in [1.29, 1.82) is 0 Å². The standard InChI is InChI=1S/C27H31F2N3O5/c1-4-5-6-19(26(33)36-3)17-12-20(28)24(21(29)13-17)25-22(32-8-7-16(2)11-23(32)30-25)14-18-15-31(27(34)35)9-10-37-18/h7-8,11-13,18-19H,4-6,9-10,14-15H2,1-3H3,(H,34,35)/t18-,19?/m0/s1. The van der Waals surface area contributed by atoms with E-state index in [4.69, 9.17) is 9.47 Å². The van der Waals surface area contributed by atoms with Gasteiger partial charge in [0.15, 0.2) is 0 Å². The minimum Gasteiger partial charge on any atom is -0.469 e. The van der Waals surface area contributed by atoms with Crippen LogP contribution in [0.4, 0.5) is 13.6 Å². The Hall–Kier alpha value is -3.53. The number of esters is 1. The number of hydrogen-bond donors (Lipinski definition) is 1. The number of aryl methyl sites for hydroxylation is 1. The number of benzene rings is 1. The summed E-state index contributed by atoms with van der Waals surface area (Å²) in [5, 5.41) is 9.39. The number of nitrogens with zero attached hydrogens (tertiary/aromatic N) is 3. The first-order valence-electron chi connectivity index (χ1n) is 12.4. The zero-order valence-electron chi connectivity index (χ0n) is 21.2. The highest BCUT2D eigenvalue weighted by atomic mass is 19.1. The molecule has 1 unspecified atom stereocenters. The second-order valence-corrected chi connectivity index (χ2v) is 9.34. The fourth-order valence-electron chi connectivity index (χ4n) is 4.82. The summed E-state index contributed by atoms with van der Waals surface area (Å²) >= 11 is 0. The highest BCUT2D eigenvalue weighted by Crippen LogP contribution is 2.34. The van der Waals surface area contributed by atoms with Crippen LogP contribution in [0.2, 0.25) is 0 Å².